The molecule has 20 heavy (non-hydrogen) atoms. The van der Waals surface area contributed by atoms with Crippen molar-refractivity contribution in [2.45, 2.75) is 13.0 Å². The summed E-state index contributed by atoms with van der Waals surface area (Å²) in [4.78, 5) is 12.1. The molecule has 1 aromatic carbocycles. The molecule has 2 N–H and O–H groups in total. The van der Waals surface area contributed by atoms with Gasteiger partial charge in [0.05, 0.1) is 11.3 Å². The number of hydrogen-bond donors (Lipinski definition) is 2. The van der Waals surface area contributed by atoms with Gasteiger partial charge in [-0.3, -0.25) is 4.79 Å². The molecule has 1 atom stereocenters. The van der Waals surface area contributed by atoms with Crippen LogP contribution in [0.15, 0.2) is 24.3 Å². The molecule has 0 spiro atoms. The number of carbonyl (C=O) groups is 1. The van der Waals surface area contributed by atoms with Gasteiger partial charge in [-0.25, -0.2) is 8.42 Å². The van der Waals surface area contributed by atoms with Crippen molar-refractivity contribution in [1.82, 2.24) is 5.32 Å². The molecule has 0 aromatic heterocycles. The third kappa shape index (κ3) is 5.43. The van der Waals surface area contributed by atoms with Gasteiger partial charge in [-0.05, 0) is 19.1 Å². The molecule has 108 valence electrons. The van der Waals surface area contributed by atoms with Crippen LogP contribution >= 0.6 is 0 Å². The monoisotopic (exact) mass is 295 g/mol. The van der Waals surface area contributed by atoms with Crippen LogP contribution in [0.2, 0.25) is 0 Å². The smallest absolute Gasteiger partial charge is 0.252 e. The lowest BCUT2D eigenvalue weighted by atomic mass is 10.1. The van der Waals surface area contributed by atoms with Crippen LogP contribution in [0.3, 0.4) is 0 Å². The molecule has 0 saturated heterocycles. The normalized spacial score (nSPS) is 12.2. The van der Waals surface area contributed by atoms with Crippen LogP contribution in [0, 0.1) is 11.8 Å². The maximum Gasteiger partial charge on any atom is 0.252 e. The minimum Gasteiger partial charge on any atom is -0.384 e. The molecule has 0 bridgehead atoms. The van der Waals surface area contributed by atoms with Gasteiger partial charge in [0.2, 0.25) is 0 Å². The van der Waals surface area contributed by atoms with E-state index in [-0.39, 0.29) is 18.3 Å². The summed E-state index contributed by atoms with van der Waals surface area (Å²) in [6.07, 6.45) is 1.12. The van der Waals surface area contributed by atoms with Gasteiger partial charge in [-0.15, -0.1) is 0 Å². The third-order valence-corrected chi connectivity index (χ3v) is 3.51. The standard InChI is InChI=1S/C14H17NO4S/c1-11(10-20(2,18)19)15-14(17)13-8-4-3-6-12(13)7-5-9-16/h3-4,6,8,11,16H,9-10H2,1-2H3,(H,15,17). The molecule has 0 aliphatic heterocycles. The second-order valence-electron chi connectivity index (χ2n) is 4.47. The first-order valence-corrected chi connectivity index (χ1v) is 8.07. The summed E-state index contributed by atoms with van der Waals surface area (Å²) in [5.74, 6) is 4.66. The molecule has 5 nitrogen and oxygen atoms in total. The molecule has 1 amide bonds. The molecule has 0 aliphatic rings. The van der Waals surface area contributed by atoms with E-state index in [0.717, 1.165) is 6.26 Å². The summed E-state index contributed by atoms with van der Waals surface area (Å²) < 4.78 is 22.3. The molecule has 0 aliphatic carbocycles. The summed E-state index contributed by atoms with van der Waals surface area (Å²) in [5.41, 5.74) is 0.847. The molecular weight excluding hydrogens is 278 g/mol. The molecular formula is C14H17NO4S. The SMILES string of the molecule is CC(CS(C)(=O)=O)NC(=O)c1ccccc1C#CCO. The second-order valence-corrected chi connectivity index (χ2v) is 6.66. The number of carbonyl (C=O) groups excluding carboxylic acids is 1. The zero-order chi connectivity index (χ0) is 15.2. The lowest BCUT2D eigenvalue weighted by Crippen LogP contribution is -2.37. The summed E-state index contributed by atoms with van der Waals surface area (Å²) in [7, 11) is -3.15. The van der Waals surface area contributed by atoms with E-state index in [1.165, 1.54) is 0 Å². The summed E-state index contributed by atoms with van der Waals surface area (Å²) in [6, 6.07) is 6.21. The minimum atomic E-state index is -3.15. The van der Waals surface area contributed by atoms with Gasteiger partial charge >= 0.3 is 0 Å². The van der Waals surface area contributed by atoms with Crippen LogP contribution in [0.5, 0.6) is 0 Å². The Morgan fingerprint density at radius 1 is 1.40 bits per heavy atom. The first kappa shape index (κ1) is 16.2. The topological polar surface area (TPSA) is 83.5 Å². The van der Waals surface area contributed by atoms with Crippen molar-refractivity contribution in [1.29, 1.82) is 0 Å². The molecule has 0 saturated carbocycles. The fourth-order valence-electron chi connectivity index (χ4n) is 1.72. The van der Waals surface area contributed by atoms with Gasteiger partial charge in [-0.1, -0.05) is 24.0 Å². The number of sulfone groups is 1. The summed E-state index contributed by atoms with van der Waals surface area (Å²) in [5, 5.41) is 11.3. The van der Waals surface area contributed by atoms with E-state index in [2.05, 4.69) is 17.2 Å². The lowest BCUT2D eigenvalue weighted by molar-refractivity contribution is 0.0943. The van der Waals surface area contributed by atoms with E-state index < -0.39 is 15.9 Å². The van der Waals surface area contributed by atoms with Crippen molar-refractivity contribution in [3.05, 3.63) is 35.4 Å². The Balaban J connectivity index is 2.88. The minimum absolute atomic E-state index is 0.122. The van der Waals surface area contributed by atoms with Crippen LogP contribution in [-0.4, -0.2) is 44.1 Å². The van der Waals surface area contributed by atoms with Crippen LogP contribution in [0.1, 0.15) is 22.8 Å². The zero-order valence-corrected chi connectivity index (χ0v) is 12.2. The average Bonchev–Trinajstić information content (AvgIpc) is 2.34. The fraction of sp³-hybridized carbons (Fsp3) is 0.357. The number of benzene rings is 1. The highest BCUT2D eigenvalue weighted by Gasteiger charge is 2.15. The molecule has 0 radical (unpaired) electrons. The summed E-state index contributed by atoms with van der Waals surface area (Å²) >= 11 is 0. The molecule has 1 unspecified atom stereocenters. The zero-order valence-electron chi connectivity index (χ0n) is 11.4. The average molecular weight is 295 g/mol. The number of aliphatic hydroxyl groups excluding tert-OH is 1. The Labute approximate surface area is 118 Å². The van der Waals surface area contributed by atoms with Crippen LogP contribution in [-0.2, 0) is 9.84 Å². The van der Waals surface area contributed by atoms with E-state index in [1.54, 1.807) is 31.2 Å². The molecule has 1 aromatic rings. The van der Waals surface area contributed by atoms with Gasteiger partial charge < -0.3 is 10.4 Å². The third-order valence-electron chi connectivity index (χ3n) is 2.40. The number of hydrogen-bond acceptors (Lipinski definition) is 4. The van der Waals surface area contributed by atoms with Gasteiger partial charge in [-0.2, -0.15) is 0 Å². The quantitative estimate of drug-likeness (QED) is 0.777. The van der Waals surface area contributed by atoms with Crippen molar-refractivity contribution in [2.24, 2.45) is 0 Å². The fourth-order valence-corrected chi connectivity index (χ4v) is 2.71. The van der Waals surface area contributed by atoms with Gasteiger partial charge in [0.15, 0.2) is 0 Å². The van der Waals surface area contributed by atoms with Crippen LogP contribution < -0.4 is 5.32 Å². The number of aliphatic hydroxyl groups is 1. The van der Waals surface area contributed by atoms with E-state index in [4.69, 9.17) is 5.11 Å². The Morgan fingerprint density at radius 3 is 2.65 bits per heavy atom. The molecule has 6 heteroatoms. The summed E-state index contributed by atoms with van der Waals surface area (Å²) in [6.45, 7) is 1.33. The van der Waals surface area contributed by atoms with Crippen molar-refractivity contribution in [3.8, 4) is 11.8 Å². The number of rotatable bonds is 4. The number of amides is 1. The highest BCUT2D eigenvalue weighted by molar-refractivity contribution is 7.90. The van der Waals surface area contributed by atoms with E-state index in [0.29, 0.717) is 11.1 Å². The molecule has 0 fully saturated rings. The Bertz CT molecular complexity index is 641. The van der Waals surface area contributed by atoms with Crippen LogP contribution in [0.25, 0.3) is 0 Å². The van der Waals surface area contributed by atoms with E-state index in [1.807, 2.05) is 0 Å². The van der Waals surface area contributed by atoms with E-state index in [9.17, 15) is 13.2 Å². The van der Waals surface area contributed by atoms with Gasteiger partial charge in [0, 0.05) is 17.9 Å². The lowest BCUT2D eigenvalue weighted by Gasteiger charge is -2.13. The highest BCUT2D eigenvalue weighted by atomic mass is 32.2. The Morgan fingerprint density at radius 2 is 2.05 bits per heavy atom. The predicted octanol–water partition coefficient (Wildman–Crippen LogP) is 0.193. The Hall–Kier alpha value is -1.84. The van der Waals surface area contributed by atoms with Crippen molar-refractivity contribution >= 4 is 15.7 Å². The Kier molecular flexibility index (Phi) is 5.74. The first-order valence-electron chi connectivity index (χ1n) is 6.01. The number of nitrogens with one attached hydrogen (secondary N) is 1. The van der Waals surface area contributed by atoms with Crippen molar-refractivity contribution in [2.75, 3.05) is 18.6 Å². The maximum atomic E-state index is 12.1. The molecule has 1 rings (SSSR count). The van der Waals surface area contributed by atoms with Gasteiger partial charge in [0.1, 0.15) is 16.4 Å². The first-order chi connectivity index (χ1) is 9.33. The van der Waals surface area contributed by atoms with Gasteiger partial charge in [0.25, 0.3) is 5.91 Å². The maximum absolute atomic E-state index is 12.1. The molecule has 0 heterocycles. The van der Waals surface area contributed by atoms with Crippen molar-refractivity contribution < 1.29 is 18.3 Å². The van der Waals surface area contributed by atoms with Crippen LogP contribution in [0.4, 0.5) is 0 Å². The largest absolute Gasteiger partial charge is 0.384 e. The second kappa shape index (κ2) is 7.08. The van der Waals surface area contributed by atoms with Crippen molar-refractivity contribution in [3.63, 3.8) is 0 Å². The predicted molar refractivity (Wildman–Crippen MR) is 77.0 cm³/mol. The highest BCUT2D eigenvalue weighted by Crippen LogP contribution is 2.07. The van der Waals surface area contributed by atoms with E-state index >= 15 is 0 Å².